The Labute approximate surface area is 445 Å². The molecule has 6 heterocycles. The maximum Gasteiger partial charge on any atom is 0.233 e. The summed E-state index contributed by atoms with van der Waals surface area (Å²) in [5.41, 5.74) is -1.78. The fourth-order valence-electron chi connectivity index (χ4n) is 15.9. The van der Waals surface area contributed by atoms with E-state index < -0.39 is 0 Å². The van der Waals surface area contributed by atoms with Gasteiger partial charge in [-0.1, -0.05) is 13.3 Å². The lowest BCUT2D eigenvalue weighted by molar-refractivity contribution is -0.134. The molecule has 6 rings (SSSR count). The number of hydrogen-bond donors (Lipinski definition) is 5. The molecule has 0 aliphatic carbocycles. The van der Waals surface area contributed by atoms with E-state index in [1.54, 1.807) is 13.8 Å². The van der Waals surface area contributed by atoms with Crippen molar-refractivity contribution in [3.8, 4) is 0 Å². The van der Waals surface area contributed by atoms with Gasteiger partial charge in [-0.2, -0.15) is 15.0 Å². The fraction of sp³-hybridized carbons (Fsp3) is 0.914. The standard InChI is InChI=1S/C58H109N13O2/c1-24-25-26-67(41-27-49(4,5)62-50(6,7)28-41)46-59-47(70(44-33-55(16,17)65-56(18,19)34-44)37-68(39(2)72)42-29-51(8,9)63-52(10,11)30-42)61-48(60-46)71(45-35-57(20,21)66-58(22,23)36-45)38-69(40(3)73)43-31-53(12,13)64-54(14,15)32-43/h41-45,62-66H,24-38H2,1-23H3. The topological polar surface area (TPSA) is 149 Å². The van der Waals surface area contributed by atoms with Gasteiger partial charge in [0.25, 0.3) is 0 Å². The number of aromatic nitrogens is 3. The summed E-state index contributed by atoms with van der Waals surface area (Å²) >= 11 is 0. The van der Waals surface area contributed by atoms with E-state index in [0.29, 0.717) is 31.2 Å². The van der Waals surface area contributed by atoms with Crippen LogP contribution in [-0.2, 0) is 9.59 Å². The molecule has 1 aromatic rings. The molecular weight excluding hydrogens is 911 g/mol. The van der Waals surface area contributed by atoms with E-state index in [1.807, 2.05) is 0 Å². The Kier molecular flexibility index (Phi) is 16.7. The minimum atomic E-state index is -0.209. The third kappa shape index (κ3) is 15.7. The van der Waals surface area contributed by atoms with Crippen molar-refractivity contribution in [1.82, 2.24) is 51.3 Å². The lowest BCUT2D eigenvalue weighted by Crippen LogP contribution is -2.66. The predicted molar refractivity (Wildman–Crippen MR) is 303 cm³/mol. The number of unbranched alkanes of at least 4 members (excludes halogenated alkanes) is 1. The number of rotatable bonds is 15. The molecule has 5 fully saturated rings. The second-order valence-corrected chi connectivity index (χ2v) is 30.8. The first-order valence-corrected chi connectivity index (χ1v) is 28.6. The van der Waals surface area contributed by atoms with Crippen LogP contribution in [0.15, 0.2) is 0 Å². The number of anilines is 3. The van der Waals surface area contributed by atoms with Gasteiger partial charge in [-0.05, 0) is 209 Å². The Bertz CT molecular complexity index is 1910. The number of carbonyl (C=O) groups is 2. The summed E-state index contributed by atoms with van der Waals surface area (Å²) in [5.74, 6) is 1.99. The summed E-state index contributed by atoms with van der Waals surface area (Å²) < 4.78 is 0. The lowest BCUT2D eigenvalue weighted by atomic mass is 9.78. The monoisotopic (exact) mass is 1020 g/mol. The SMILES string of the molecule is CCCCN(c1nc(N(CN(C(C)=O)C2CC(C)(C)NC(C)(C)C2)C2CC(C)(C)NC(C)(C)C2)nc(N(CN(C(C)=O)C2CC(C)(C)NC(C)(C)C2)C2CC(C)(C)NC(C)(C)C2)n1)C1CC(C)(C)NC(C)(C)C1. The maximum atomic E-state index is 14.5. The Morgan fingerprint density at radius 3 is 0.808 bits per heavy atom. The Morgan fingerprint density at radius 1 is 0.384 bits per heavy atom. The number of piperidine rings is 5. The molecule has 5 N–H and O–H groups in total. The Balaban J connectivity index is 1.66. The lowest BCUT2D eigenvalue weighted by Gasteiger charge is -2.53. The second-order valence-electron chi connectivity index (χ2n) is 30.8. The van der Waals surface area contributed by atoms with Crippen LogP contribution < -0.4 is 41.3 Å². The van der Waals surface area contributed by atoms with Crippen LogP contribution in [0.2, 0.25) is 0 Å². The largest absolute Gasteiger partial charge is 0.338 e. The van der Waals surface area contributed by atoms with Crippen molar-refractivity contribution in [2.45, 2.75) is 322 Å². The van der Waals surface area contributed by atoms with Crippen molar-refractivity contribution in [3.05, 3.63) is 0 Å². The quantitative estimate of drug-likeness (QED) is 0.106. The molecule has 0 radical (unpaired) electrons. The molecule has 0 aromatic carbocycles. The first-order chi connectivity index (χ1) is 33.0. The molecule has 0 atom stereocenters. The highest BCUT2D eigenvalue weighted by Gasteiger charge is 2.49. The van der Waals surface area contributed by atoms with Crippen LogP contribution in [0.25, 0.3) is 0 Å². The smallest absolute Gasteiger partial charge is 0.233 e. The summed E-state index contributed by atoms with van der Waals surface area (Å²) in [6, 6.07) is 0.106. The molecule has 2 amide bonds. The zero-order valence-electron chi connectivity index (χ0n) is 50.9. The van der Waals surface area contributed by atoms with Crippen molar-refractivity contribution in [3.63, 3.8) is 0 Å². The summed E-state index contributed by atoms with van der Waals surface area (Å²) in [7, 11) is 0. The van der Waals surface area contributed by atoms with Gasteiger partial charge in [0, 0.05) is 106 Å². The Morgan fingerprint density at radius 2 is 0.589 bits per heavy atom. The van der Waals surface area contributed by atoms with Crippen LogP contribution in [0, 0.1) is 0 Å². The first kappa shape index (κ1) is 59.4. The molecule has 73 heavy (non-hydrogen) atoms. The molecule has 418 valence electrons. The predicted octanol–water partition coefficient (Wildman–Crippen LogP) is 9.25. The van der Waals surface area contributed by atoms with E-state index in [4.69, 9.17) is 15.0 Å². The van der Waals surface area contributed by atoms with Gasteiger partial charge in [0.2, 0.25) is 29.7 Å². The molecular formula is C58H109N13O2. The zero-order chi connectivity index (χ0) is 54.9. The van der Waals surface area contributed by atoms with Crippen molar-refractivity contribution in [2.75, 3.05) is 34.6 Å². The summed E-state index contributed by atoms with van der Waals surface area (Å²) in [4.78, 5) is 57.9. The Hall–Kier alpha value is -2.85. The van der Waals surface area contributed by atoms with Crippen LogP contribution in [0.3, 0.4) is 0 Å². The molecule has 5 saturated heterocycles. The minimum absolute atomic E-state index is 0.00618. The molecule has 5 aliphatic rings. The number of hydrogen-bond acceptors (Lipinski definition) is 13. The van der Waals surface area contributed by atoms with Gasteiger partial charge in [0.15, 0.2) is 0 Å². The average molecular weight is 1020 g/mol. The molecule has 15 nitrogen and oxygen atoms in total. The van der Waals surface area contributed by atoms with Crippen molar-refractivity contribution in [1.29, 1.82) is 0 Å². The van der Waals surface area contributed by atoms with Crippen LogP contribution in [-0.4, -0.2) is 142 Å². The molecule has 0 bridgehead atoms. The van der Waals surface area contributed by atoms with Crippen molar-refractivity contribution in [2.24, 2.45) is 0 Å². The average Bonchev–Trinajstić information content (AvgIpc) is 3.12. The van der Waals surface area contributed by atoms with E-state index in [1.165, 1.54) is 0 Å². The maximum absolute atomic E-state index is 14.5. The van der Waals surface area contributed by atoms with E-state index >= 15 is 0 Å². The van der Waals surface area contributed by atoms with Crippen molar-refractivity contribution < 1.29 is 9.59 Å². The number of nitrogens with one attached hydrogen (secondary N) is 5. The highest BCUT2D eigenvalue weighted by atomic mass is 16.2. The zero-order valence-corrected chi connectivity index (χ0v) is 50.9. The summed E-state index contributed by atoms with van der Waals surface area (Å²) in [5, 5.41) is 19.6. The van der Waals surface area contributed by atoms with Gasteiger partial charge in [0.1, 0.15) is 0 Å². The van der Waals surface area contributed by atoms with E-state index in [-0.39, 0.29) is 97.4 Å². The van der Waals surface area contributed by atoms with Crippen LogP contribution in [0.1, 0.15) is 236 Å². The summed E-state index contributed by atoms with van der Waals surface area (Å²) in [6.07, 6.45) is 10.5. The number of nitrogens with zero attached hydrogens (tertiary/aromatic N) is 8. The van der Waals surface area contributed by atoms with Gasteiger partial charge < -0.3 is 51.1 Å². The van der Waals surface area contributed by atoms with Crippen LogP contribution >= 0.6 is 0 Å². The second kappa shape index (κ2) is 20.5. The highest BCUT2D eigenvalue weighted by molar-refractivity contribution is 5.74. The van der Waals surface area contributed by atoms with Gasteiger partial charge in [-0.15, -0.1) is 0 Å². The van der Waals surface area contributed by atoms with E-state index in [0.717, 1.165) is 83.6 Å². The van der Waals surface area contributed by atoms with Gasteiger partial charge in [-0.3, -0.25) is 9.59 Å². The van der Waals surface area contributed by atoms with Crippen molar-refractivity contribution >= 4 is 29.7 Å². The molecule has 0 saturated carbocycles. The molecule has 0 spiro atoms. The number of carbonyl (C=O) groups excluding carboxylic acids is 2. The van der Waals surface area contributed by atoms with Crippen LogP contribution in [0.4, 0.5) is 17.8 Å². The van der Waals surface area contributed by atoms with E-state index in [2.05, 4.69) is 196 Å². The first-order valence-electron chi connectivity index (χ1n) is 28.6. The van der Waals surface area contributed by atoms with Gasteiger partial charge in [-0.25, -0.2) is 0 Å². The summed E-state index contributed by atoms with van der Waals surface area (Å²) in [6.45, 7) is 53.1. The molecule has 1 aromatic heterocycles. The molecule has 0 unspecified atom stereocenters. The van der Waals surface area contributed by atoms with E-state index in [9.17, 15) is 9.59 Å². The normalized spacial score (nSPS) is 26.4. The third-order valence-electron chi connectivity index (χ3n) is 16.6. The van der Waals surface area contributed by atoms with Gasteiger partial charge in [0.05, 0.1) is 13.3 Å². The molecule has 15 heteroatoms. The van der Waals surface area contributed by atoms with Crippen LogP contribution in [0.5, 0.6) is 0 Å². The third-order valence-corrected chi connectivity index (χ3v) is 16.6. The molecule has 5 aliphatic heterocycles. The minimum Gasteiger partial charge on any atom is -0.338 e. The fourth-order valence-corrected chi connectivity index (χ4v) is 15.9. The highest BCUT2D eigenvalue weighted by Crippen LogP contribution is 2.41. The number of amides is 2. The van der Waals surface area contributed by atoms with Gasteiger partial charge >= 0.3 is 0 Å².